The van der Waals surface area contributed by atoms with Gasteiger partial charge in [-0.2, -0.15) is 0 Å². The molecule has 4 aromatic rings. The molecule has 0 radical (unpaired) electrons. The van der Waals surface area contributed by atoms with E-state index >= 15 is 0 Å². The molecule has 0 saturated heterocycles. The van der Waals surface area contributed by atoms with Crippen LogP contribution in [0.25, 0.3) is 10.9 Å². The highest BCUT2D eigenvalue weighted by molar-refractivity contribution is 7.90. The average Bonchev–Trinajstić information content (AvgIpc) is 3.10. The molecule has 9 heteroatoms. The third-order valence-corrected chi connectivity index (χ3v) is 6.77. The van der Waals surface area contributed by atoms with Gasteiger partial charge in [0.05, 0.1) is 5.52 Å². The van der Waals surface area contributed by atoms with E-state index in [1.807, 2.05) is 50.4 Å². The number of nitrogens with one attached hydrogen (secondary N) is 2. The van der Waals surface area contributed by atoms with Crippen LogP contribution in [0.5, 0.6) is 0 Å². The highest BCUT2D eigenvalue weighted by Crippen LogP contribution is 2.30. The summed E-state index contributed by atoms with van der Waals surface area (Å²) in [6.45, 7) is 2.52. The van der Waals surface area contributed by atoms with E-state index in [2.05, 4.69) is 15.6 Å². The number of anilines is 2. The molecular weight excluding hydrogens is 455 g/mol. The van der Waals surface area contributed by atoms with E-state index in [4.69, 9.17) is 11.6 Å². The van der Waals surface area contributed by atoms with Crippen LogP contribution in [-0.2, 0) is 16.6 Å². The normalized spacial score (nSPS) is 11.3. The quantitative estimate of drug-likeness (QED) is 0.403. The molecule has 4 rings (SSSR count). The molecule has 2 aromatic heterocycles. The topological polar surface area (TPSA) is 76.0 Å². The predicted molar refractivity (Wildman–Crippen MR) is 128 cm³/mol. The Hall–Kier alpha value is -2.58. The SMILES string of the molecule is CNCc1cn(S(=O)(=O)c2cccnc2)c2cc(Nc3ccc(Cl)cc3C)ccc12.Cl. The lowest BCUT2D eigenvalue weighted by Crippen LogP contribution is -2.12. The van der Waals surface area contributed by atoms with Crippen molar-refractivity contribution in [2.75, 3.05) is 12.4 Å². The Bertz CT molecular complexity index is 1320. The van der Waals surface area contributed by atoms with E-state index in [1.165, 1.54) is 10.2 Å². The monoisotopic (exact) mass is 476 g/mol. The zero-order valence-corrected chi connectivity index (χ0v) is 19.4. The third kappa shape index (κ3) is 4.55. The van der Waals surface area contributed by atoms with Crippen LogP contribution < -0.4 is 10.6 Å². The first-order chi connectivity index (χ1) is 14.4. The molecule has 2 N–H and O–H groups in total. The molecule has 0 atom stereocenters. The fourth-order valence-electron chi connectivity index (χ4n) is 3.41. The number of pyridine rings is 1. The molecule has 0 aliphatic rings. The van der Waals surface area contributed by atoms with Gasteiger partial charge in [-0.3, -0.25) is 4.98 Å². The van der Waals surface area contributed by atoms with Gasteiger partial charge in [-0.25, -0.2) is 12.4 Å². The van der Waals surface area contributed by atoms with Gasteiger partial charge in [-0.15, -0.1) is 12.4 Å². The zero-order chi connectivity index (χ0) is 21.3. The smallest absolute Gasteiger partial charge is 0.269 e. The molecule has 31 heavy (non-hydrogen) atoms. The summed E-state index contributed by atoms with van der Waals surface area (Å²) in [4.78, 5) is 4.11. The largest absolute Gasteiger partial charge is 0.355 e. The second-order valence-corrected chi connectivity index (χ2v) is 9.24. The number of benzene rings is 2. The maximum Gasteiger partial charge on any atom is 0.269 e. The molecule has 0 aliphatic heterocycles. The first-order valence-corrected chi connectivity index (χ1v) is 11.2. The lowest BCUT2D eigenvalue weighted by Gasteiger charge is -2.12. The Labute approximate surface area is 192 Å². The van der Waals surface area contributed by atoms with Crippen LogP contribution in [0.3, 0.4) is 0 Å². The van der Waals surface area contributed by atoms with Crippen LogP contribution in [0.2, 0.25) is 5.02 Å². The van der Waals surface area contributed by atoms with Crippen molar-refractivity contribution in [1.82, 2.24) is 14.3 Å². The Balaban J connectivity index is 0.00000272. The third-order valence-electron chi connectivity index (χ3n) is 4.88. The number of halogens is 2. The van der Waals surface area contributed by atoms with Crippen molar-refractivity contribution in [2.45, 2.75) is 18.4 Å². The Morgan fingerprint density at radius 1 is 1.13 bits per heavy atom. The van der Waals surface area contributed by atoms with Crippen LogP contribution >= 0.6 is 24.0 Å². The van der Waals surface area contributed by atoms with E-state index in [0.717, 1.165) is 27.9 Å². The van der Waals surface area contributed by atoms with Gasteiger partial charge in [0.1, 0.15) is 4.90 Å². The van der Waals surface area contributed by atoms with Crippen molar-refractivity contribution in [3.63, 3.8) is 0 Å². The number of hydrogen-bond acceptors (Lipinski definition) is 5. The zero-order valence-electron chi connectivity index (χ0n) is 17.0. The molecule has 0 fully saturated rings. The van der Waals surface area contributed by atoms with Crippen molar-refractivity contribution in [3.8, 4) is 0 Å². The number of nitrogens with zero attached hydrogens (tertiary/aromatic N) is 2. The second-order valence-electron chi connectivity index (χ2n) is 6.99. The Kier molecular flexibility index (Phi) is 6.91. The van der Waals surface area contributed by atoms with Gasteiger partial charge in [0.25, 0.3) is 10.0 Å². The summed E-state index contributed by atoms with van der Waals surface area (Å²) in [5.74, 6) is 0. The summed E-state index contributed by atoms with van der Waals surface area (Å²) in [5, 5.41) is 7.99. The Morgan fingerprint density at radius 3 is 2.61 bits per heavy atom. The maximum absolute atomic E-state index is 13.3. The molecule has 0 amide bonds. The number of aromatic nitrogens is 2. The molecular formula is C22H22Cl2N4O2S. The summed E-state index contributed by atoms with van der Waals surface area (Å²) in [6, 6.07) is 14.5. The summed E-state index contributed by atoms with van der Waals surface area (Å²) in [6.07, 6.45) is 4.58. The summed E-state index contributed by atoms with van der Waals surface area (Å²) >= 11 is 6.05. The fourth-order valence-corrected chi connectivity index (χ4v) is 4.98. The molecule has 0 saturated carbocycles. The molecule has 0 bridgehead atoms. The van der Waals surface area contributed by atoms with Gasteiger partial charge in [-0.05, 0) is 67.6 Å². The maximum atomic E-state index is 13.3. The fraction of sp³-hybridized carbons (Fsp3) is 0.136. The first kappa shape index (κ1) is 23.1. The lowest BCUT2D eigenvalue weighted by atomic mass is 10.1. The van der Waals surface area contributed by atoms with Crippen LogP contribution in [0.4, 0.5) is 11.4 Å². The molecule has 2 aromatic carbocycles. The van der Waals surface area contributed by atoms with Crippen molar-refractivity contribution >= 4 is 56.3 Å². The van der Waals surface area contributed by atoms with E-state index in [1.54, 1.807) is 24.5 Å². The molecule has 162 valence electrons. The number of hydrogen-bond donors (Lipinski definition) is 2. The minimum Gasteiger partial charge on any atom is -0.355 e. The number of aryl methyl sites for hydroxylation is 1. The summed E-state index contributed by atoms with van der Waals surface area (Å²) in [5.41, 5.74) is 4.18. The lowest BCUT2D eigenvalue weighted by molar-refractivity contribution is 0.588. The van der Waals surface area contributed by atoms with Crippen molar-refractivity contribution in [2.24, 2.45) is 0 Å². The van der Waals surface area contributed by atoms with Gasteiger partial charge in [0, 0.05) is 46.9 Å². The van der Waals surface area contributed by atoms with Crippen LogP contribution in [0, 0.1) is 6.92 Å². The Morgan fingerprint density at radius 2 is 1.94 bits per heavy atom. The van der Waals surface area contributed by atoms with E-state index in [-0.39, 0.29) is 17.3 Å². The summed E-state index contributed by atoms with van der Waals surface area (Å²) in [7, 11) is -1.95. The summed E-state index contributed by atoms with van der Waals surface area (Å²) < 4.78 is 27.9. The van der Waals surface area contributed by atoms with Crippen molar-refractivity contribution in [1.29, 1.82) is 0 Å². The van der Waals surface area contributed by atoms with E-state index < -0.39 is 10.0 Å². The minimum atomic E-state index is -3.79. The van der Waals surface area contributed by atoms with Crippen LogP contribution in [0.1, 0.15) is 11.1 Å². The first-order valence-electron chi connectivity index (χ1n) is 9.37. The second kappa shape index (κ2) is 9.28. The van der Waals surface area contributed by atoms with E-state index in [0.29, 0.717) is 17.1 Å². The minimum absolute atomic E-state index is 0. The van der Waals surface area contributed by atoms with Crippen molar-refractivity contribution in [3.05, 3.63) is 83.3 Å². The number of fused-ring (bicyclic) bond motifs is 1. The van der Waals surface area contributed by atoms with Crippen LogP contribution in [0.15, 0.2) is 72.0 Å². The van der Waals surface area contributed by atoms with Gasteiger partial charge in [0.15, 0.2) is 0 Å². The molecule has 2 heterocycles. The van der Waals surface area contributed by atoms with Gasteiger partial charge < -0.3 is 10.6 Å². The molecule has 6 nitrogen and oxygen atoms in total. The highest BCUT2D eigenvalue weighted by atomic mass is 35.5. The molecule has 0 spiro atoms. The molecule has 0 aliphatic carbocycles. The average molecular weight is 477 g/mol. The molecule has 0 unspecified atom stereocenters. The van der Waals surface area contributed by atoms with Crippen LogP contribution in [-0.4, -0.2) is 24.4 Å². The highest BCUT2D eigenvalue weighted by Gasteiger charge is 2.21. The van der Waals surface area contributed by atoms with E-state index in [9.17, 15) is 8.42 Å². The van der Waals surface area contributed by atoms with Crippen molar-refractivity contribution < 1.29 is 8.42 Å². The predicted octanol–water partition coefficient (Wildman–Crippen LogP) is 5.12. The van der Waals surface area contributed by atoms with Gasteiger partial charge in [0.2, 0.25) is 0 Å². The standard InChI is InChI=1S/C22H21ClN4O2S.ClH/c1-15-10-17(23)5-8-21(15)26-18-6-7-20-16(12-24-2)14-27(22(20)11-18)30(28,29)19-4-3-9-25-13-19;/h3-11,13-14,24,26H,12H2,1-2H3;1H. The number of rotatable bonds is 6. The van der Waals surface area contributed by atoms with Gasteiger partial charge >= 0.3 is 0 Å². The van der Waals surface area contributed by atoms with Gasteiger partial charge in [-0.1, -0.05) is 17.7 Å².